The standard InChI is InChI=1S/C13H8Cl2O/c14-13(15)8-12(16)11-6-5-9-3-1-2-4-10(9)7-11/h1-8H. The van der Waals surface area contributed by atoms with Crippen molar-refractivity contribution in [2.75, 3.05) is 0 Å². The van der Waals surface area contributed by atoms with Gasteiger partial charge < -0.3 is 0 Å². The van der Waals surface area contributed by atoms with Crippen LogP contribution in [-0.4, -0.2) is 5.78 Å². The lowest BCUT2D eigenvalue weighted by molar-refractivity contribution is 0.104. The Morgan fingerprint density at radius 1 is 1.00 bits per heavy atom. The van der Waals surface area contributed by atoms with Gasteiger partial charge in [0.25, 0.3) is 0 Å². The highest BCUT2D eigenvalue weighted by molar-refractivity contribution is 6.57. The number of benzene rings is 2. The highest BCUT2D eigenvalue weighted by Crippen LogP contribution is 2.17. The van der Waals surface area contributed by atoms with Crippen LogP contribution < -0.4 is 0 Å². The van der Waals surface area contributed by atoms with Crippen molar-refractivity contribution in [2.24, 2.45) is 0 Å². The first-order valence-electron chi connectivity index (χ1n) is 4.72. The van der Waals surface area contributed by atoms with Crippen molar-refractivity contribution in [3.8, 4) is 0 Å². The molecule has 0 saturated carbocycles. The van der Waals surface area contributed by atoms with Crippen molar-refractivity contribution in [1.29, 1.82) is 0 Å². The summed E-state index contributed by atoms with van der Waals surface area (Å²) in [5, 5.41) is 2.12. The molecule has 0 saturated heterocycles. The summed E-state index contributed by atoms with van der Waals surface area (Å²) in [7, 11) is 0. The number of halogens is 2. The van der Waals surface area contributed by atoms with Crippen LogP contribution in [0.5, 0.6) is 0 Å². The Hall–Kier alpha value is -1.31. The van der Waals surface area contributed by atoms with Crippen LogP contribution in [0.15, 0.2) is 53.0 Å². The smallest absolute Gasteiger partial charge is 0.188 e. The quantitative estimate of drug-likeness (QED) is 0.573. The number of ketones is 1. The molecule has 0 bridgehead atoms. The van der Waals surface area contributed by atoms with Crippen molar-refractivity contribution in [1.82, 2.24) is 0 Å². The number of hydrogen-bond donors (Lipinski definition) is 0. The molecule has 1 nitrogen and oxygen atoms in total. The number of hydrogen-bond acceptors (Lipinski definition) is 1. The molecule has 0 amide bonds. The molecule has 2 aromatic carbocycles. The van der Waals surface area contributed by atoms with E-state index < -0.39 is 0 Å². The second kappa shape index (κ2) is 4.69. The van der Waals surface area contributed by atoms with Crippen molar-refractivity contribution >= 4 is 39.8 Å². The zero-order valence-corrected chi connectivity index (χ0v) is 9.79. The minimum atomic E-state index is -0.189. The minimum Gasteiger partial charge on any atom is -0.289 e. The molecule has 80 valence electrons. The Morgan fingerprint density at radius 2 is 1.69 bits per heavy atom. The first-order chi connectivity index (χ1) is 7.66. The van der Waals surface area contributed by atoms with Gasteiger partial charge in [0, 0.05) is 11.6 Å². The lowest BCUT2D eigenvalue weighted by atomic mass is 10.0. The first-order valence-corrected chi connectivity index (χ1v) is 5.48. The maximum atomic E-state index is 11.7. The van der Waals surface area contributed by atoms with E-state index in [9.17, 15) is 4.79 Å². The molecule has 0 aliphatic heterocycles. The van der Waals surface area contributed by atoms with E-state index in [4.69, 9.17) is 23.2 Å². The van der Waals surface area contributed by atoms with E-state index in [2.05, 4.69) is 0 Å². The van der Waals surface area contributed by atoms with E-state index in [0.717, 1.165) is 10.8 Å². The second-order valence-electron chi connectivity index (χ2n) is 3.36. The van der Waals surface area contributed by atoms with E-state index in [-0.39, 0.29) is 10.3 Å². The van der Waals surface area contributed by atoms with Gasteiger partial charge in [0.15, 0.2) is 5.78 Å². The summed E-state index contributed by atoms with van der Waals surface area (Å²) in [5.74, 6) is -0.189. The molecule has 3 heteroatoms. The summed E-state index contributed by atoms with van der Waals surface area (Å²) in [5.41, 5.74) is 0.581. The van der Waals surface area contributed by atoms with Crippen LogP contribution in [0.1, 0.15) is 10.4 Å². The van der Waals surface area contributed by atoms with Gasteiger partial charge in [-0.2, -0.15) is 0 Å². The van der Waals surface area contributed by atoms with Crippen LogP contribution in [0.2, 0.25) is 0 Å². The van der Waals surface area contributed by atoms with Gasteiger partial charge in [-0.25, -0.2) is 0 Å². The largest absolute Gasteiger partial charge is 0.289 e. The number of fused-ring (bicyclic) bond motifs is 1. The normalized spacial score (nSPS) is 10.1. The lowest BCUT2D eigenvalue weighted by Crippen LogP contribution is -1.93. The molecule has 0 fully saturated rings. The topological polar surface area (TPSA) is 17.1 Å². The summed E-state index contributed by atoms with van der Waals surface area (Å²) in [6.45, 7) is 0. The molecular weight excluding hydrogens is 243 g/mol. The van der Waals surface area contributed by atoms with E-state index >= 15 is 0 Å². The van der Waals surface area contributed by atoms with Gasteiger partial charge in [0.2, 0.25) is 0 Å². The van der Waals surface area contributed by atoms with E-state index in [0.29, 0.717) is 5.56 Å². The van der Waals surface area contributed by atoms with Crippen LogP contribution in [-0.2, 0) is 0 Å². The summed E-state index contributed by atoms with van der Waals surface area (Å²) in [4.78, 5) is 11.7. The van der Waals surface area contributed by atoms with Gasteiger partial charge in [-0.1, -0.05) is 59.6 Å². The fourth-order valence-corrected chi connectivity index (χ4v) is 1.72. The van der Waals surface area contributed by atoms with E-state index in [1.54, 1.807) is 6.07 Å². The first kappa shape index (κ1) is 11.2. The average Bonchev–Trinajstić information content (AvgIpc) is 2.27. The van der Waals surface area contributed by atoms with Crippen molar-refractivity contribution in [2.45, 2.75) is 0 Å². The highest BCUT2D eigenvalue weighted by atomic mass is 35.5. The maximum absolute atomic E-state index is 11.7. The van der Waals surface area contributed by atoms with Crippen molar-refractivity contribution in [3.63, 3.8) is 0 Å². The van der Waals surface area contributed by atoms with Gasteiger partial charge in [-0.3, -0.25) is 4.79 Å². The summed E-state index contributed by atoms with van der Waals surface area (Å²) < 4.78 is -0.0295. The number of allylic oxidation sites excluding steroid dienone is 1. The monoisotopic (exact) mass is 250 g/mol. The molecule has 0 spiro atoms. The third-order valence-corrected chi connectivity index (χ3v) is 2.49. The molecule has 0 N–H and O–H groups in total. The molecule has 16 heavy (non-hydrogen) atoms. The van der Waals surface area contributed by atoms with E-state index in [1.807, 2.05) is 36.4 Å². The zero-order chi connectivity index (χ0) is 11.5. The van der Waals surface area contributed by atoms with Gasteiger partial charge in [0.05, 0.1) is 0 Å². The van der Waals surface area contributed by atoms with Crippen molar-refractivity contribution in [3.05, 3.63) is 58.6 Å². The van der Waals surface area contributed by atoms with Gasteiger partial charge in [0.1, 0.15) is 4.49 Å². The number of carbonyl (C=O) groups is 1. The molecule has 0 unspecified atom stereocenters. The molecule has 0 radical (unpaired) electrons. The number of carbonyl (C=O) groups excluding carboxylic acids is 1. The van der Waals surface area contributed by atoms with Crippen LogP contribution in [0.25, 0.3) is 10.8 Å². The molecule has 0 heterocycles. The SMILES string of the molecule is O=C(C=C(Cl)Cl)c1ccc2ccccc2c1. The Morgan fingerprint density at radius 3 is 2.38 bits per heavy atom. The van der Waals surface area contributed by atoms with Crippen LogP contribution in [0.4, 0.5) is 0 Å². The summed E-state index contributed by atoms with van der Waals surface area (Å²) in [6.07, 6.45) is 1.20. The van der Waals surface area contributed by atoms with Crippen molar-refractivity contribution < 1.29 is 4.79 Å². The molecule has 0 aliphatic carbocycles. The van der Waals surface area contributed by atoms with Gasteiger partial charge in [-0.15, -0.1) is 0 Å². The molecule has 0 aromatic heterocycles. The Labute approximate surface area is 103 Å². The van der Waals surface area contributed by atoms with Crippen LogP contribution in [0, 0.1) is 0 Å². The Kier molecular flexibility index (Phi) is 3.28. The third kappa shape index (κ3) is 2.43. The second-order valence-corrected chi connectivity index (χ2v) is 4.37. The predicted molar refractivity (Wildman–Crippen MR) is 68.1 cm³/mol. The molecule has 2 rings (SSSR count). The lowest BCUT2D eigenvalue weighted by Gasteiger charge is -2.00. The molecule has 2 aromatic rings. The van der Waals surface area contributed by atoms with Gasteiger partial charge in [-0.05, 0) is 16.8 Å². The van der Waals surface area contributed by atoms with Crippen LogP contribution in [0.3, 0.4) is 0 Å². The van der Waals surface area contributed by atoms with E-state index in [1.165, 1.54) is 6.08 Å². The fourth-order valence-electron chi connectivity index (χ4n) is 1.53. The third-order valence-electron chi connectivity index (χ3n) is 2.27. The molecule has 0 atom stereocenters. The molecule has 0 aliphatic rings. The molecular formula is C13H8Cl2O. The minimum absolute atomic E-state index is 0.0295. The highest BCUT2D eigenvalue weighted by Gasteiger charge is 2.04. The Bertz CT molecular complexity index is 569. The zero-order valence-electron chi connectivity index (χ0n) is 8.28. The van der Waals surface area contributed by atoms with Gasteiger partial charge >= 0.3 is 0 Å². The summed E-state index contributed by atoms with van der Waals surface area (Å²) in [6, 6.07) is 13.3. The van der Waals surface area contributed by atoms with Crippen LogP contribution >= 0.6 is 23.2 Å². The maximum Gasteiger partial charge on any atom is 0.188 e. The Balaban J connectivity index is 2.47. The number of rotatable bonds is 2. The predicted octanol–water partition coefficient (Wildman–Crippen LogP) is 4.34. The average molecular weight is 251 g/mol. The fraction of sp³-hybridized carbons (Fsp3) is 0. The summed E-state index contributed by atoms with van der Waals surface area (Å²) >= 11 is 10.9.